The highest BCUT2D eigenvalue weighted by Gasteiger charge is 2.31. The van der Waals surface area contributed by atoms with Crippen LogP contribution in [0.25, 0.3) is 0 Å². The van der Waals surface area contributed by atoms with Crippen molar-refractivity contribution in [3.8, 4) is 5.75 Å². The minimum atomic E-state index is -0.980. The van der Waals surface area contributed by atoms with Gasteiger partial charge in [-0.05, 0) is 31.5 Å². The highest BCUT2D eigenvalue weighted by molar-refractivity contribution is 5.94. The SMILES string of the molecule is CCC(C)(CNC(=O)c1cccc(O)c1)C(=O)O. The van der Waals surface area contributed by atoms with E-state index >= 15 is 0 Å². The molecule has 0 heterocycles. The molecule has 18 heavy (non-hydrogen) atoms. The van der Waals surface area contributed by atoms with Crippen LogP contribution in [0.15, 0.2) is 24.3 Å². The van der Waals surface area contributed by atoms with Crippen LogP contribution in [0.5, 0.6) is 5.75 Å². The number of rotatable bonds is 5. The summed E-state index contributed by atoms with van der Waals surface area (Å²) < 4.78 is 0. The summed E-state index contributed by atoms with van der Waals surface area (Å²) in [6.07, 6.45) is 0.419. The zero-order chi connectivity index (χ0) is 13.8. The van der Waals surface area contributed by atoms with Crippen LogP contribution in [0.1, 0.15) is 30.6 Å². The van der Waals surface area contributed by atoms with Crippen molar-refractivity contribution in [1.29, 1.82) is 0 Å². The third-order valence-corrected chi connectivity index (χ3v) is 3.04. The number of carboxylic acids is 1. The second-order valence-electron chi connectivity index (χ2n) is 4.45. The zero-order valence-electron chi connectivity index (χ0n) is 10.4. The van der Waals surface area contributed by atoms with E-state index in [1.807, 2.05) is 0 Å². The lowest BCUT2D eigenvalue weighted by atomic mass is 9.87. The largest absolute Gasteiger partial charge is 0.508 e. The van der Waals surface area contributed by atoms with Crippen LogP contribution in [-0.2, 0) is 4.79 Å². The minimum absolute atomic E-state index is 0.000798. The van der Waals surface area contributed by atoms with Gasteiger partial charge in [0.05, 0.1) is 5.41 Å². The number of phenolic OH excluding ortho intramolecular Hbond substituents is 1. The van der Waals surface area contributed by atoms with Crippen molar-refractivity contribution < 1.29 is 19.8 Å². The van der Waals surface area contributed by atoms with Gasteiger partial charge in [-0.15, -0.1) is 0 Å². The fraction of sp³-hybridized carbons (Fsp3) is 0.385. The predicted molar refractivity (Wildman–Crippen MR) is 66.5 cm³/mol. The maximum absolute atomic E-state index is 11.8. The molecule has 1 aromatic rings. The van der Waals surface area contributed by atoms with Crippen molar-refractivity contribution in [1.82, 2.24) is 5.32 Å². The summed E-state index contributed by atoms with van der Waals surface area (Å²) in [5.74, 6) is -1.34. The van der Waals surface area contributed by atoms with Gasteiger partial charge in [-0.1, -0.05) is 13.0 Å². The Morgan fingerprint density at radius 3 is 2.56 bits per heavy atom. The molecule has 1 unspecified atom stereocenters. The Labute approximate surface area is 105 Å². The van der Waals surface area contributed by atoms with Crippen molar-refractivity contribution in [3.63, 3.8) is 0 Å². The summed E-state index contributed by atoms with van der Waals surface area (Å²) in [7, 11) is 0. The maximum Gasteiger partial charge on any atom is 0.311 e. The van der Waals surface area contributed by atoms with E-state index in [0.717, 1.165) is 0 Å². The summed E-state index contributed by atoms with van der Waals surface area (Å²) in [4.78, 5) is 22.8. The molecule has 0 radical (unpaired) electrons. The molecule has 0 aliphatic rings. The molecule has 0 spiro atoms. The number of carbonyl (C=O) groups excluding carboxylic acids is 1. The summed E-state index contributed by atoms with van der Waals surface area (Å²) in [5, 5.41) is 20.9. The zero-order valence-corrected chi connectivity index (χ0v) is 10.4. The Kier molecular flexibility index (Phi) is 4.31. The molecule has 0 saturated carbocycles. The van der Waals surface area contributed by atoms with Gasteiger partial charge >= 0.3 is 5.97 Å². The van der Waals surface area contributed by atoms with Crippen LogP contribution in [0.2, 0.25) is 0 Å². The van der Waals surface area contributed by atoms with Crippen molar-refractivity contribution in [2.75, 3.05) is 6.54 Å². The Hall–Kier alpha value is -2.04. The molecule has 0 fully saturated rings. The van der Waals surface area contributed by atoms with E-state index in [-0.39, 0.29) is 12.3 Å². The number of carboxylic acid groups (broad SMARTS) is 1. The molecule has 98 valence electrons. The van der Waals surface area contributed by atoms with Crippen molar-refractivity contribution in [2.24, 2.45) is 5.41 Å². The normalized spacial score (nSPS) is 13.7. The number of aliphatic carboxylic acids is 1. The van der Waals surface area contributed by atoms with Gasteiger partial charge < -0.3 is 15.5 Å². The number of hydrogen-bond donors (Lipinski definition) is 3. The first-order valence-electron chi connectivity index (χ1n) is 5.69. The average Bonchev–Trinajstić information content (AvgIpc) is 2.35. The van der Waals surface area contributed by atoms with E-state index in [0.29, 0.717) is 12.0 Å². The molecule has 0 aliphatic heterocycles. The Bertz CT molecular complexity index is 458. The maximum atomic E-state index is 11.8. The van der Waals surface area contributed by atoms with Crippen molar-refractivity contribution in [2.45, 2.75) is 20.3 Å². The Morgan fingerprint density at radius 2 is 2.06 bits per heavy atom. The molecule has 0 bridgehead atoms. The van der Waals surface area contributed by atoms with Crippen LogP contribution in [0, 0.1) is 5.41 Å². The topological polar surface area (TPSA) is 86.6 Å². The van der Waals surface area contributed by atoms with Crippen molar-refractivity contribution >= 4 is 11.9 Å². The third kappa shape index (κ3) is 3.23. The number of aromatic hydroxyl groups is 1. The molecule has 3 N–H and O–H groups in total. The predicted octanol–water partition coefficient (Wildman–Crippen LogP) is 1.62. The molecule has 0 aliphatic carbocycles. The number of carbonyl (C=O) groups is 2. The summed E-state index contributed by atoms with van der Waals surface area (Å²) in [6, 6.07) is 5.91. The van der Waals surface area contributed by atoms with E-state index < -0.39 is 17.3 Å². The first-order valence-corrected chi connectivity index (χ1v) is 5.69. The molecular weight excluding hydrogens is 234 g/mol. The van der Waals surface area contributed by atoms with Crippen LogP contribution in [-0.4, -0.2) is 28.6 Å². The van der Waals surface area contributed by atoms with Gasteiger partial charge in [-0.2, -0.15) is 0 Å². The minimum Gasteiger partial charge on any atom is -0.508 e. The van der Waals surface area contributed by atoms with Gasteiger partial charge in [0.1, 0.15) is 5.75 Å². The quantitative estimate of drug-likeness (QED) is 0.742. The van der Waals surface area contributed by atoms with Gasteiger partial charge in [0.15, 0.2) is 0 Å². The number of amides is 1. The second-order valence-corrected chi connectivity index (χ2v) is 4.45. The van der Waals surface area contributed by atoms with Crippen LogP contribution in [0.4, 0.5) is 0 Å². The summed E-state index contributed by atoms with van der Waals surface area (Å²) in [6.45, 7) is 3.39. The Morgan fingerprint density at radius 1 is 1.39 bits per heavy atom. The average molecular weight is 251 g/mol. The first-order chi connectivity index (χ1) is 8.39. The molecule has 1 atom stereocenters. The Balaban J connectivity index is 2.69. The standard InChI is InChI=1S/C13H17NO4/c1-3-13(2,12(17)18)8-14-11(16)9-5-4-6-10(15)7-9/h4-7,15H,3,8H2,1-2H3,(H,14,16)(H,17,18). The van der Waals surface area contributed by atoms with E-state index in [1.165, 1.54) is 12.1 Å². The molecule has 5 nitrogen and oxygen atoms in total. The molecule has 1 rings (SSSR count). The smallest absolute Gasteiger partial charge is 0.311 e. The van der Waals surface area contributed by atoms with E-state index in [2.05, 4.69) is 5.32 Å². The lowest BCUT2D eigenvalue weighted by Gasteiger charge is -2.23. The van der Waals surface area contributed by atoms with Crippen LogP contribution in [0.3, 0.4) is 0 Å². The highest BCUT2D eigenvalue weighted by Crippen LogP contribution is 2.20. The fourth-order valence-electron chi connectivity index (χ4n) is 1.38. The summed E-state index contributed by atoms with van der Waals surface area (Å²) in [5.41, 5.74) is -0.675. The first kappa shape index (κ1) is 14.0. The lowest BCUT2D eigenvalue weighted by molar-refractivity contribution is -0.147. The van der Waals surface area contributed by atoms with E-state index in [1.54, 1.807) is 26.0 Å². The summed E-state index contributed by atoms with van der Waals surface area (Å²) >= 11 is 0. The molecule has 1 aromatic carbocycles. The van der Waals surface area contributed by atoms with Gasteiger partial charge in [0.2, 0.25) is 0 Å². The van der Waals surface area contributed by atoms with Crippen LogP contribution < -0.4 is 5.32 Å². The number of benzene rings is 1. The number of hydrogen-bond acceptors (Lipinski definition) is 3. The van der Waals surface area contributed by atoms with Gasteiger partial charge in [0, 0.05) is 12.1 Å². The van der Waals surface area contributed by atoms with Gasteiger partial charge in [0.25, 0.3) is 5.91 Å². The van der Waals surface area contributed by atoms with Gasteiger partial charge in [-0.25, -0.2) is 0 Å². The molecule has 1 amide bonds. The fourth-order valence-corrected chi connectivity index (χ4v) is 1.38. The van der Waals surface area contributed by atoms with Crippen LogP contribution >= 0.6 is 0 Å². The van der Waals surface area contributed by atoms with E-state index in [9.17, 15) is 14.7 Å². The third-order valence-electron chi connectivity index (χ3n) is 3.04. The van der Waals surface area contributed by atoms with Gasteiger partial charge in [-0.3, -0.25) is 9.59 Å². The number of phenols is 1. The lowest BCUT2D eigenvalue weighted by Crippen LogP contribution is -2.40. The monoisotopic (exact) mass is 251 g/mol. The molecule has 0 aromatic heterocycles. The van der Waals surface area contributed by atoms with E-state index in [4.69, 9.17) is 5.11 Å². The molecule has 0 saturated heterocycles. The second kappa shape index (κ2) is 5.53. The number of nitrogens with one attached hydrogen (secondary N) is 1. The molecular formula is C13H17NO4. The van der Waals surface area contributed by atoms with Crippen molar-refractivity contribution in [3.05, 3.63) is 29.8 Å². The molecule has 5 heteroatoms. The highest BCUT2D eigenvalue weighted by atomic mass is 16.4.